The molecule has 0 aromatic carbocycles. The predicted octanol–water partition coefficient (Wildman–Crippen LogP) is 3.15. The van der Waals surface area contributed by atoms with Crippen molar-refractivity contribution in [3.8, 4) is 0 Å². The number of aliphatic hydroxyl groups excluding tert-OH is 1. The van der Waals surface area contributed by atoms with E-state index in [0.717, 1.165) is 50.8 Å². The summed E-state index contributed by atoms with van der Waals surface area (Å²) in [6.45, 7) is 9.22. The Hall–Kier alpha value is -0.0400. The SMILES string of the molecule is CCNC(=NCC1CCCC1O)NCCCCC(C)C.I. The Morgan fingerprint density at radius 1 is 1.24 bits per heavy atom. The normalized spacial score (nSPS) is 22.2. The molecular weight excluding hydrogens is 377 g/mol. The standard InChI is InChI=1S/C16H33N3O.HI/c1-4-17-16(18-11-6-5-8-13(2)3)19-12-14-9-7-10-15(14)20;/h13-15,20H,4-12H2,1-3H3,(H2,17,18,19);1H. The molecule has 0 amide bonds. The number of halogens is 1. The zero-order chi connectivity index (χ0) is 14.8. The molecule has 1 rings (SSSR count). The van der Waals surface area contributed by atoms with Crippen LogP contribution in [0.15, 0.2) is 4.99 Å². The molecule has 5 heteroatoms. The highest BCUT2D eigenvalue weighted by molar-refractivity contribution is 14.0. The zero-order valence-corrected chi connectivity index (χ0v) is 16.2. The third kappa shape index (κ3) is 9.55. The second-order valence-corrected chi connectivity index (χ2v) is 6.29. The Bertz CT molecular complexity index is 285. The van der Waals surface area contributed by atoms with Crippen molar-refractivity contribution in [1.82, 2.24) is 10.6 Å². The first-order chi connectivity index (χ1) is 9.63. The minimum absolute atomic E-state index is 0. The minimum atomic E-state index is -0.146. The average Bonchev–Trinajstić information content (AvgIpc) is 2.80. The summed E-state index contributed by atoms with van der Waals surface area (Å²) in [5, 5.41) is 16.5. The number of hydrogen-bond acceptors (Lipinski definition) is 2. The van der Waals surface area contributed by atoms with Crippen LogP contribution < -0.4 is 10.6 Å². The second-order valence-electron chi connectivity index (χ2n) is 6.29. The Morgan fingerprint density at radius 3 is 2.57 bits per heavy atom. The first-order valence-corrected chi connectivity index (χ1v) is 8.33. The molecule has 3 N–H and O–H groups in total. The summed E-state index contributed by atoms with van der Waals surface area (Å²) < 4.78 is 0. The van der Waals surface area contributed by atoms with Gasteiger partial charge in [-0.15, -0.1) is 24.0 Å². The number of unbranched alkanes of at least 4 members (excludes halogenated alkanes) is 1. The van der Waals surface area contributed by atoms with Crippen molar-refractivity contribution in [3.05, 3.63) is 0 Å². The highest BCUT2D eigenvalue weighted by Crippen LogP contribution is 2.25. The van der Waals surface area contributed by atoms with E-state index in [9.17, 15) is 5.11 Å². The lowest BCUT2D eigenvalue weighted by Crippen LogP contribution is -2.38. The maximum atomic E-state index is 9.82. The molecule has 126 valence electrons. The van der Waals surface area contributed by atoms with Gasteiger partial charge in [-0.2, -0.15) is 0 Å². The first kappa shape index (κ1) is 21.0. The van der Waals surface area contributed by atoms with Crippen LogP contribution in [0.4, 0.5) is 0 Å². The molecule has 0 aliphatic heterocycles. The second kappa shape index (κ2) is 12.5. The predicted molar refractivity (Wildman–Crippen MR) is 101 cm³/mol. The highest BCUT2D eigenvalue weighted by atomic mass is 127. The van der Waals surface area contributed by atoms with Crippen molar-refractivity contribution in [3.63, 3.8) is 0 Å². The molecular formula is C16H34IN3O. The van der Waals surface area contributed by atoms with Crippen LogP contribution >= 0.6 is 24.0 Å². The molecule has 0 radical (unpaired) electrons. The third-order valence-corrected chi connectivity index (χ3v) is 3.95. The quantitative estimate of drug-likeness (QED) is 0.249. The summed E-state index contributed by atoms with van der Waals surface area (Å²) in [6, 6.07) is 0. The maximum Gasteiger partial charge on any atom is 0.191 e. The minimum Gasteiger partial charge on any atom is -0.393 e. The van der Waals surface area contributed by atoms with Gasteiger partial charge in [-0.1, -0.05) is 33.1 Å². The zero-order valence-electron chi connectivity index (χ0n) is 13.9. The average molecular weight is 411 g/mol. The molecule has 0 saturated heterocycles. The molecule has 2 atom stereocenters. The fourth-order valence-electron chi connectivity index (χ4n) is 2.66. The van der Waals surface area contributed by atoms with Gasteiger partial charge in [-0.05, 0) is 32.1 Å². The van der Waals surface area contributed by atoms with E-state index in [2.05, 4.69) is 36.4 Å². The summed E-state index contributed by atoms with van der Waals surface area (Å²) >= 11 is 0. The summed E-state index contributed by atoms with van der Waals surface area (Å²) in [6.07, 6.45) is 6.80. The van der Waals surface area contributed by atoms with Gasteiger partial charge in [-0.25, -0.2) is 0 Å². The van der Waals surface area contributed by atoms with Gasteiger partial charge in [0.1, 0.15) is 0 Å². The number of hydrogen-bond donors (Lipinski definition) is 3. The third-order valence-electron chi connectivity index (χ3n) is 3.95. The monoisotopic (exact) mass is 411 g/mol. The van der Waals surface area contributed by atoms with E-state index in [1.54, 1.807) is 0 Å². The van der Waals surface area contributed by atoms with E-state index in [4.69, 9.17) is 0 Å². The van der Waals surface area contributed by atoms with Crippen molar-refractivity contribution < 1.29 is 5.11 Å². The number of guanidine groups is 1. The van der Waals surface area contributed by atoms with Gasteiger partial charge < -0.3 is 15.7 Å². The molecule has 0 aromatic heterocycles. The highest BCUT2D eigenvalue weighted by Gasteiger charge is 2.24. The number of aliphatic imine (C=N–C) groups is 1. The smallest absolute Gasteiger partial charge is 0.191 e. The van der Waals surface area contributed by atoms with Crippen LogP contribution in [0.5, 0.6) is 0 Å². The molecule has 4 nitrogen and oxygen atoms in total. The summed E-state index contributed by atoms with van der Waals surface area (Å²) in [7, 11) is 0. The molecule has 2 unspecified atom stereocenters. The molecule has 1 aliphatic carbocycles. The van der Waals surface area contributed by atoms with Crippen molar-refractivity contribution in [2.75, 3.05) is 19.6 Å². The number of nitrogens with one attached hydrogen (secondary N) is 2. The van der Waals surface area contributed by atoms with E-state index in [1.807, 2.05) is 0 Å². The van der Waals surface area contributed by atoms with Crippen LogP contribution in [0.25, 0.3) is 0 Å². The van der Waals surface area contributed by atoms with Gasteiger partial charge in [0.15, 0.2) is 5.96 Å². The van der Waals surface area contributed by atoms with Gasteiger partial charge in [0.25, 0.3) is 0 Å². The van der Waals surface area contributed by atoms with E-state index in [1.165, 1.54) is 19.3 Å². The molecule has 1 saturated carbocycles. The topological polar surface area (TPSA) is 56.7 Å². The molecule has 0 bridgehead atoms. The van der Waals surface area contributed by atoms with Crippen LogP contribution in [0.2, 0.25) is 0 Å². The fraction of sp³-hybridized carbons (Fsp3) is 0.938. The lowest BCUT2D eigenvalue weighted by molar-refractivity contribution is 0.136. The van der Waals surface area contributed by atoms with Gasteiger partial charge >= 0.3 is 0 Å². The molecule has 0 spiro atoms. The molecule has 1 fully saturated rings. The molecule has 0 aromatic rings. The van der Waals surface area contributed by atoms with Crippen LogP contribution in [0, 0.1) is 11.8 Å². The van der Waals surface area contributed by atoms with Gasteiger partial charge in [0.05, 0.1) is 6.10 Å². The molecule has 1 aliphatic rings. The van der Waals surface area contributed by atoms with Crippen molar-refractivity contribution >= 4 is 29.9 Å². The lowest BCUT2D eigenvalue weighted by Gasteiger charge is -2.15. The largest absolute Gasteiger partial charge is 0.393 e. The summed E-state index contributed by atoms with van der Waals surface area (Å²) in [4.78, 5) is 4.61. The van der Waals surface area contributed by atoms with Gasteiger partial charge in [-0.3, -0.25) is 4.99 Å². The lowest BCUT2D eigenvalue weighted by atomic mass is 10.1. The van der Waals surface area contributed by atoms with Crippen LogP contribution in [-0.2, 0) is 0 Å². The Morgan fingerprint density at radius 2 is 2.00 bits per heavy atom. The molecule has 0 heterocycles. The van der Waals surface area contributed by atoms with Crippen LogP contribution in [0.3, 0.4) is 0 Å². The Kier molecular flexibility index (Phi) is 12.5. The van der Waals surface area contributed by atoms with Crippen molar-refractivity contribution in [2.24, 2.45) is 16.8 Å². The van der Waals surface area contributed by atoms with E-state index in [-0.39, 0.29) is 30.1 Å². The van der Waals surface area contributed by atoms with Crippen molar-refractivity contribution in [1.29, 1.82) is 0 Å². The summed E-state index contributed by atoms with van der Waals surface area (Å²) in [5.74, 6) is 2.04. The molecule has 21 heavy (non-hydrogen) atoms. The fourth-order valence-corrected chi connectivity index (χ4v) is 2.66. The number of rotatable bonds is 8. The Labute approximate surface area is 147 Å². The van der Waals surface area contributed by atoms with Gasteiger partial charge in [0.2, 0.25) is 0 Å². The van der Waals surface area contributed by atoms with E-state index >= 15 is 0 Å². The van der Waals surface area contributed by atoms with Crippen LogP contribution in [-0.4, -0.2) is 36.8 Å². The Balaban J connectivity index is 0.00000400. The number of aliphatic hydroxyl groups is 1. The van der Waals surface area contributed by atoms with Gasteiger partial charge in [0, 0.05) is 25.6 Å². The van der Waals surface area contributed by atoms with E-state index < -0.39 is 0 Å². The van der Waals surface area contributed by atoms with E-state index in [0.29, 0.717) is 5.92 Å². The summed E-state index contributed by atoms with van der Waals surface area (Å²) in [5.41, 5.74) is 0. The van der Waals surface area contributed by atoms with Crippen molar-refractivity contribution in [2.45, 2.75) is 65.4 Å². The first-order valence-electron chi connectivity index (χ1n) is 8.33. The van der Waals surface area contributed by atoms with Crippen LogP contribution in [0.1, 0.15) is 59.3 Å². The number of nitrogens with zero attached hydrogens (tertiary/aromatic N) is 1. The maximum absolute atomic E-state index is 9.82.